The molecule has 2 aromatic heterocycles. The van der Waals surface area contributed by atoms with Gasteiger partial charge in [-0.3, -0.25) is 0 Å². The summed E-state index contributed by atoms with van der Waals surface area (Å²) in [5.41, 5.74) is 3.99. The van der Waals surface area contributed by atoms with Gasteiger partial charge in [-0.2, -0.15) is 13.2 Å². The number of fused-ring (bicyclic) bond motifs is 1. The first-order valence-corrected chi connectivity index (χ1v) is 11.3. The molecule has 5 aromatic rings. The van der Waals surface area contributed by atoms with E-state index in [1.165, 1.54) is 18.0 Å². The lowest BCUT2D eigenvalue weighted by Gasteiger charge is -2.11. The van der Waals surface area contributed by atoms with Crippen molar-refractivity contribution in [2.45, 2.75) is 25.9 Å². The highest BCUT2D eigenvalue weighted by Gasteiger charge is 2.30. The SMILES string of the molecule is CC(C)c1ccc(Nc2ncnc3c2c(-c2ccccc2)cn3-c2cccc(C(F)(F)F)c2)cc1. The smallest absolute Gasteiger partial charge is 0.340 e. The minimum atomic E-state index is -4.44. The lowest BCUT2D eigenvalue weighted by atomic mass is 10.0. The zero-order valence-corrected chi connectivity index (χ0v) is 19.2. The maximum Gasteiger partial charge on any atom is 0.416 e. The average molecular weight is 473 g/mol. The number of aromatic nitrogens is 3. The molecule has 4 nitrogen and oxygen atoms in total. The van der Waals surface area contributed by atoms with Crippen molar-refractivity contribution in [1.29, 1.82) is 0 Å². The van der Waals surface area contributed by atoms with E-state index in [9.17, 15) is 13.2 Å². The first-order chi connectivity index (χ1) is 16.8. The van der Waals surface area contributed by atoms with Gasteiger partial charge in [-0.1, -0.05) is 62.4 Å². The van der Waals surface area contributed by atoms with Crippen molar-refractivity contribution in [1.82, 2.24) is 14.5 Å². The number of nitrogens with zero attached hydrogens (tertiary/aromatic N) is 3. The van der Waals surface area contributed by atoms with Crippen LogP contribution in [-0.4, -0.2) is 14.5 Å². The van der Waals surface area contributed by atoms with Gasteiger partial charge in [-0.25, -0.2) is 9.97 Å². The van der Waals surface area contributed by atoms with E-state index in [-0.39, 0.29) is 0 Å². The minimum absolute atomic E-state index is 0.373. The van der Waals surface area contributed by atoms with Gasteiger partial charge in [0.05, 0.1) is 10.9 Å². The van der Waals surface area contributed by atoms with Gasteiger partial charge >= 0.3 is 6.18 Å². The van der Waals surface area contributed by atoms with E-state index in [0.29, 0.717) is 23.1 Å². The molecule has 2 heterocycles. The number of rotatable bonds is 5. The molecule has 0 bridgehead atoms. The van der Waals surface area contributed by atoms with Gasteiger partial charge in [-0.15, -0.1) is 0 Å². The fourth-order valence-electron chi connectivity index (χ4n) is 4.11. The van der Waals surface area contributed by atoms with Crippen LogP contribution in [-0.2, 0) is 6.18 Å². The van der Waals surface area contributed by atoms with Crippen LogP contribution in [0.1, 0.15) is 30.9 Å². The lowest BCUT2D eigenvalue weighted by Crippen LogP contribution is -2.06. The largest absolute Gasteiger partial charge is 0.416 e. The summed E-state index contributed by atoms with van der Waals surface area (Å²) in [6, 6.07) is 23.0. The summed E-state index contributed by atoms with van der Waals surface area (Å²) >= 11 is 0. The summed E-state index contributed by atoms with van der Waals surface area (Å²) in [7, 11) is 0. The summed E-state index contributed by atoms with van der Waals surface area (Å²) in [4.78, 5) is 8.96. The van der Waals surface area contributed by atoms with Crippen LogP contribution < -0.4 is 5.32 Å². The van der Waals surface area contributed by atoms with E-state index < -0.39 is 11.7 Å². The second kappa shape index (κ2) is 8.91. The molecular weight excluding hydrogens is 449 g/mol. The number of nitrogens with one attached hydrogen (secondary N) is 1. The number of hydrogen-bond acceptors (Lipinski definition) is 3. The average Bonchev–Trinajstić information content (AvgIpc) is 3.25. The Balaban J connectivity index is 1.68. The van der Waals surface area contributed by atoms with Gasteiger partial charge in [0.15, 0.2) is 5.65 Å². The van der Waals surface area contributed by atoms with Crippen molar-refractivity contribution in [3.63, 3.8) is 0 Å². The fraction of sp³-hybridized carbons (Fsp3) is 0.143. The van der Waals surface area contributed by atoms with Crippen LogP contribution in [0.2, 0.25) is 0 Å². The highest BCUT2D eigenvalue weighted by molar-refractivity contribution is 6.03. The van der Waals surface area contributed by atoms with E-state index in [1.54, 1.807) is 10.6 Å². The Morgan fingerprint density at radius 3 is 2.29 bits per heavy atom. The van der Waals surface area contributed by atoms with Crippen molar-refractivity contribution >= 4 is 22.5 Å². The molecule has 0 aliphatic carbocycles. The Labute approximate surface area is 201 Å². The highest BCUT2D eigenvalue weighted by Crippen LogP contribution is 2.37. The third-order valence-electron chi connectivity index (χ3n) is 5.96. The molecule has 1 N–H and O–H groups in total. The van der Waals surface area contributed by atoms with Gasteiger partial charge in [-0.05, 0) is 47.4 Å². The number of anilines is 2. The quantitative estimate of drug-likeness (QED) is 0.282. The zero-order chi connectivity index (χ0) is 24.6. The van der Waals surface area contributed by atoms with Gasteiger partial charge in [0.25, 0.3) is 0 Å². The standard InChI is InChI=1S/C28H23F3N4/c1-18(2)19-11-13-22(14-12-19)34-26-25-24(20-7-4-3-5-8-20)16-35(27(25)33-17-32-26)23-10-6-9-21(15-23)28(29,30)31/h3-18H,1-2H3,(H,32,33,34). The minimum Gasteiger partial charge on any atom is -0.340 e. The first kappa shape index (κ1) is 22.7. The normalized spacial score (nSPS) is 11.8. The zero-order valence-electron chi connectivity index (χ0n) is 19.2. The Bertz CT molecular complexity index is 1470. The topological polar surface area (TPSA) is 42.7 Å². The van der Waals surface area contributed by atoms with Crippen LogP contribution >= 0.6 is 0 Å². The fourth-order valence-corrected chi connectivity index (χ4v) is 4.11. The molecule has 5 rings (SSSR count). The molecule has 0 saturated heterocycles. The van der Waals surface area contributed by atoms with Crippen molar-refractivity contribution in [2.24, 2.45) is 0 Å². The molecule has 0 amide bonds. The predicted octanol–water partition coefficient (Wildman–Crippen LogP) is 7.97. The highest BCUT2D eigenvalue weighted by atomic mass is 19.4. The van der Waals surface area contributed by atoms with Crippen molar-refractivity contribution < 1.29 is 13.2 Å². The molecule has 0 aliphatic rings. The molecule has 0 spiro atoms. The van der Waals surface area contributed by atoms with E-state index >= 15 is 0 Å². The molecule has 0 aliphatic heterocycles. The maximum atomic E-state index is 13.4. The van der Waals surface area contributed by atoms with Crippen LogP contribution in [0, 0.1) is 0 Å². The lowest BCUT2D eigenvalue weighted by molar-refractivity contribution is -0.137. The molecule has 35 heavy (non-hydrogen) atoms. The molecule has 0 unspecified atom stereocenters. The Morgan fingerprint density at radius 1 is 0.857 bits per heavy atom. The van der Waals surface area contributed by atoms with Crippen LogP contribution in [0.15, 0.2) is 91.4 Å². The van der Waals surface area contributed by atoms with Gasteiger partial charge in [0.1, 0.15) is 12.1 Å². The second-order valence-electron chi connectivity index (χ2n) is 8.65. The van der Waals surface area contributed by atoms with Gasteiger partial charge < -0.3 is 9.88 Å². The predicted molar refractivity (Wildman–Crippen MR) is 133 cm³/mol. The van der Waals surface area contributed by atoms with Crippen molar-refractivity contribution in [3.8, 4) is 16.8 Å². The van der Waals surface area contributed by atoms with Crippen LogP contribution in [0.5, 0.6) is 0 Å². The van der Waals surface area contributed by atoms with Gasteiger partial charge in [0.2, 0.25) is 0 Å². The second-order valence-corrected chi connectivity index (χ2v) is 8.65. The Morgan fingerprint density at radius 2 is 1.60 bits per heavy atom. The first-order valence-electron chi connectivity index (χ1n) is 11.3. The number of halogens is 3. The summed E-state index contributed by atoms with van der Waals surface area (Å²) in [5.74, 6) is 0.998. The molecular formula is C28H23F3N4. The van der Waals surface area contributed by atoms with Crippen LogP contribution in [0.25, 0.3) is 27.8 Å². The van der Waals surface area contributed by atoms with E-state index in [2.05, 4.69) is 41.3 Å². The molecule has 0 atom stereocenters. The maximum absolute atomic E-state index is 13.4. The molecule has 0 fully saturated rings. The summed E-state index contributed by atoms with van der Waals surface area (Å²) in [6.45, 7) is 4.28. The third-order valence-corrected chi connectivity index (χ3v) is 5.96. The van der Waals surface area contributed by atoms with E-state index in [1.807, 2.05) is 48.7 Å². The van der Waals surface area contributed by atoms with Crippen molar-refractivity contribution in [3.05, 3.63) is 103 Å². The molecule has 0 saturated carbocycles. The van der Waals surface area contributed by atoms with Gasteiger partial charge in [0, 0.05) is 23.1 Å². The monoisotopic (exact) mass is 472 g/mol. The molecule has 7 heteroatoms. The number of alkyl halides is 3. The molecule has 176 valence electrons. The third kappa shape index (κ3) is 4.49. The van der Waals surface area contributed by atoms with E-state index in [0.717, 1.165) is 34.3 Å². The summed E-state index contributed by atoms with van der Waals surface area (Å²) in [5, 5.41) is 4.11. The Kier molecular flexibility index (Phi) is 5.76. The van der Waals surface area contributed by atoms with Crippen molar-refractivity contribution in [2.75, 3.05) is 5.32 Å². The molecule has 0 radical (unpaired) electrons. The molecule has 3 aromatic carbocycles. The number of benzene rings is 3. The van der Waals surface area contributed by atoms with E-state index in [4.69, 9.17) is 0 Å². The summed E-state index contributed by atoms with van der Waals surface area (Å²) < 4.78 is 41.9. The van der Waals surface area contributed by atoms with Crippen LogP contribution in [0.3, 0.4) is 0 Å². The summed E-state index contributed by atoms with van der Waals surface area (Å²) in [6.07, 6.45) is -1.20. The Hall–Kier alpha value is -4.13. The number of hydrogen-bond donors (Lipinski definition) is 1. The van der Waals surface area contributed by atoms with Crippen LogP contribution in [0.4, 0.5) is 24.7 Å².